The third-order valence-electron chi connectivity index (χ3n) is 6.84. The van der Waals surface area contributed by atoms with Gasteiger partial charge in [0.05, 0.1) is 13.2 Å². The predicted molar refractivity (Wildman–Crippen MR) is 131 cm³/mol. The first-order valence-corrected chi connectivity index (χ1v) is 11.7. The molecular formula is C28H27N3O4. The lowest BCUT2D eigenvalue weighted by atomic mass is 9.76. The van der Waals surface area contributed by atoms with Crippen LogP contribution < -0.4 is 15.4 Å². The van der Waals surface area contributed by atoms with Gasteiger partial charge in [0.25, 0.3) is 5.91 Å². The Bertz CT molecular complexity index is 1260. The number of hydrogen-bond acceptors (Lipinski definition) is 4. The summed E-state index contributed by atoms with van der Waals surface area (Å²) in [5.74, 6) is -0.0749. The van der Waals surface area contributed by atoms with Crippen LogP contribution in [-0.4, -0.2) is 36.4 Å². The van der Waals surface area contributed by atoms with E-state index in [1.54, 1.807) is 7.11 Å². The molecule has 4 amide bonds. The molecule has 7 heteroatoms. The molecule has 2 aliphatic rings. The van der Waals surface area contributed by atoms with Gasteiger partial charge in [-0.25, -0.2) is 4.79 Å². The van der Waals surface area contributed by atoms with Crippen LogP contribution in [0.25, 0.3) is 0 Å². The van der Waals surface area contributed by atoms with Crippen molar-refractivity contribution >= 4 is 17.8 Å². The second kappa shape index (κ2) is 9.25. The van der Waals surface area contributed by atoms with E-state index in [-0.39, 0.29) is 12.5 Å². The number of aryl methyl sites for hydroxylation is 1. The topological polar surface area (TPSA) is 87.7 Å². The fourth-order valence-corrected chi connectivity index (χ4v) is 5.11. The molecule has 1 aliphatic carbocycles. The Kier molecular flexibility index (Phi) is 5.99. The average Bonchev–Trinajstić information content (AvgIpc) is 3.12. The Morgan fingerprint density at radius 2 is 1.69 bits per heavy atom. The van der Waals surface area contributed by atoms with Crippen LogP contribution in [0, 0.1) is 0 Å². The second-order valence-corrected chi connectivity index (χ2v) is 8.92. The van der Waals surface area contributed by atoms with Crippen LogP contribution in [-0.2, 0) is 21.5 Å². The molecule has 2 atom stereocenters. The maximum absolute atomic E-state index is 13.5. The van der Waals surface area contributed by atoms with Crippen LogP contribution >= 0.6 is 0 Å². The number of amides is 4. The number of rotatable bonds is 6. The Labute approximate surface area is 204 Å². The molecular weight excluding hydrogens is 442 g/mol. The molecule has 1 aliphatic heterocycles. The van der Waals surface area contributed by atoms with Gasteiger partial charge in [0.2, 0.25) is 5.91 Å². The van der Waals surface area contributed by atoms with Crippen LogP contribution in [0.3, 0.4) is 0 Å². The van der Waals surface area contributed by atoms with Crippen molar-refractivity contribution in [1.82, 2.24) is 15.5 Å². The van der Waals surface area contributed by atoms with Crippen molar-refractivity contribution in [3.8, 4) is 5.75 Å². The number of methoxy groups -OCH3 is 1. The van der Waals surface area contributed by atoms with Crippen LogP contribution in [0.4, 0.5) is 4.79 Å². The summed E-state index contributed by atoms with van der Waals surface area (Å²) in [6.07, 6.45) is 2.17. The number of ether oxygens (including phenoxy) is 1. The van der Waals surface area contributed by atoms with Gasteiger partial charge in [-0.3, -0.25) is 14.5 Å². The number of nitrogens with one attached hydrogen (secondary N) is 2. The normalized spacial score (nSPS) is 19.7. The molecule has 3 aromatic rings. The van der Waals surface area contributed by atoms with Crippen molar-refractivity contribution in [3.63, 3.8) is 0 Å². The number of benzene rings is 3. The number of carbonyl (C=O) groups excluding carboxylic acids is 3. The monoisotopic (exact) mass is 469 g/mol. The molecule has 0 saturated carbocycles. The zero-order valence-electron chi connectivity index (χ0n) is 19.5. The highest BCUT2D eigenvalue weighted by atomic mass is 16.5. The quantitative estimate of drug-likeness (QED) is 0.539. The van der Waals surface area contributed by atoms with Gasteiger partial charge in [0.1, 0.15) is 17.8 Å². The van der Waals surface area contributed by atoms with E-state index in [9.17, 15) is 14.4 Å². The zero-order valence-corrected chi connectivity index (χ0v) is 19.5. The molecule has 178 valence electrons. The zero-order chi connectivity index (χ0) is 24.4. The molecule has 0 radical (unpaired) electrons. The molecule has 1 heterocycles. The molecule has 0 unspecified atom stereocenters. The van der Waals surface area contributed by atoms with E-state index in [2.05, 4.69) is 10.6 Å². The third-order valence-corrected chi connectivity index (χ3v) is 6.84. The first-order valence-electron chi connectivity index (χ1n) is 11.7. The summed E-state index contributed by atoms with van der Waals surface area (Å²) >= 11 is 0. The molecule has 1 fully saturated rings. The molecule has 3 aromatic carbocycles. The first-order chi connectivity index (χ1) is 17.0. The Balaban J connectivity index is 1.37. The maximum atomic E-state index is 13.5. The minimum atomic E-state index is -1.10. The van der Waals surface area contributed by atoms with Gasteiger partial charge in [-0.05, 0) is 53.6 Å². The maximum Gasteiger partial charge on any atom is 0.325 e. The van der Waals surface area contributed by atoms with Crippen LogP contribution in [0.1, 0.15) is 41.1 Å². The van der Waals surface area contributed by atoms with Gasteiger partial charge in [0, 0.05) is 0 Å². The number of hydrogen-bond donors (Lipinski definition) is 2. The number of carbonyl (C=O) groups is 3. The SMILES string of the molecule is COc1ccc([C@H](NC(=O)CN2C(=O)N[C@]3(CCCc4ccccc43)C2=O)c2ccccc2)cc1. The summed E-state index contributed by atoms with van der Waals surface area (Å²) in [6, 6.07) is 23.7. The van der Waals surface area contributed by atoms with E-state index < -0.39 is 23.5 Å². The largest absolute Gasteiger partial charge is 0.497 e. The van der Waals surface area contributed by atoms with Crippen molar-refractivity contribution in [3.05, 3.63) is 101 Å². The summed E-state index contributed by atoms with van der Waals surface area (Å²) in [7, 11) is 1.60. The molecule has 1 spiro atoms. The lowest BCUT2D eigenvalue weighted by molar-refractivity contribution is -0.135. The molecule has 35 heavy (non-hydrogen) atoms. The van der Waals surface area contributed by atoms with Gasteiger partial charge >= 0.3 is 6.03 Å². The fraction of sp³-hybridized carbons (Fsp3) is 0.250. The highest BCUT2D eigenvalue weighted by molar-refractivity contribution is 6.09. The van der Waals surface area contributed by atoms with E-state index in [0.717, 1.165) is 40.0 Å². The molecule has 0 bridgehead atoms. The molecule has 2 N–H and O–H groups in total. The van der Waals surface area contributed by atoms with Gasteiger partial charge in [0.15, 0.2) is 0 Å². The molecule has 1 saturated heterocycles. The Hall–Kier alpha value is -4.13. The van der Waals surface area contributed by atoms with Crippen molar-refractivity contribution in [2.24, 2.45) is 0 Å². The van der Waals surface area contributed by atoms with Crippen LogP contribution in [0.5, 0.6) is 5.75 Å². The summed E-state index contributed by atoms with van der Waals surface area (Å²) in [6.45, 7) is -0.353. The van der Waals surface area contributed by atoms with Crippen LogP contribution in [0.15, 0.2) is 78.9 Å². The number of fused-ring (bicyclic) bond motifs is 2. The minimum Gasteiger partial charge on any atom is -0.497 e. The summed E-state index contributed by atoms with van der Waals surface area (Å²) < 4.78 is 5.25. The van der Waals surface area contributed by atoms with Crippen molar-refractivity contribution in [2.45, 2.75) is 30.8 Å². The lowest BCUT2D eigenvalue weighted by Crippen LogP contribution is -2.47. The molecule has 0 aromatic heterocycles. The number of nitrogens with zero attached hydrogens (tertiary/aromatic N) is 1. The van der Waals surface area contributed by atoms with Crippen molar-refractivity contribution in [2.75, 3.05) is 13.7 Å². The average molecular weight is 470 g/mol. The standard InChI is InChI=1S/C28H27N3O4/c1-35-22-15-13-21(14-16-22)25(20-9-3-2-4-10-20)29-24(32)18-31-26(33)28(30-27(31)34)17-7-11-19-8-5-6-12-23(19)28/h2-6,8-10,12-16,25H,7,11,17-18H2,1H3,(H,29,32)(H,30,34)/t25-,28+/m1/s1. The smallest absolute Gasteiger partial charge is 0.325 e. The first kappa shape index (κ1) is 22.7. The Morgan fingerprint density at radius 1 is 1.00 bits per heavy atom. The van der Waals surface area contributed by atoms with Crippen molar-refractivity contribution < 1.29 is 19.1 Å². The fourth-order valence-electron chi connectivity index (χ4n) is 5.11. The van der Waals surface area contributed by atoms with E-state index >= 15 is 0 Å². The third kappa shape index (κ3) is 4.14. The van der Waals surface area contributed by atoms with Gasteiger partial charge in [-0.1, -0.05) is 66.7 Å². The predicted octanol–water partition coefficient (Wildman–Crippen LogP) is 3.68. The van der Waals surface area contributed by atoms with Gasteiger partial charge < -0.3 is 15.4 Å². The van der Waals surface area contributed by atoms with Gasteiger partial charge in [-0.15, -0.1) is 0 Å². The van der Waals surface area contributed by atoms with E-state index in [0.29, 0.717) is 12.2 Å². The number of urea groups is 1. The number of imide groups is 1. The molecule has 7 nitrogen and oxygen atoms in total. The highest BCUT2D eigenvalue weighted by Crippen LogP contribution is 2.39. The minimum absolute atomic E-state index is 0.353. The van der Waals surface area contributed by atoms with E-state index in [1.165, 1.54) is 0 Å². The second-order valence-electron chi connectivity index (χ2n) is 8.92. The summed E-state index contributed by atoms with van der Waals surface area (Å²) in [5, 5.41) is 5.92. The van der Waals surface area contributed by atoms with Gasteiger partial charge in [-0.2, -0.15) is 0 Å². The molecule has 5 rings (SSSR count). The lowest BCUT2D eigenvalue weighted by Gasteiger charge is -2.33. The van der Waals surface area contributed by atoms with E-state index in [4.69, 9.17) is 4.74 Å². The Morgan fingerprint density at radius 3 is 2.43 bits per heavy atom. The van der Waals surface area contributed by atoms with Crippen LogP contribution in [0.2, 0.25) is 0 Å². The van der Waals surface area contributed by atoms with Crippen molar-refractivity contribution in [1.29, 1.82) is 0 Å². The highest BCUT2D eigenvalue weighted by Gasteiger charge is 2.54. The summed E-state index contributed by atoms with van der Waals surface area (Å²) in [5.41, 5.74) is 2.54. The van der Waals surface area contributed by atoms with E-state index in [1.807, 2.05) is 78.9 Å². The summed E-state index contributed by atoms with van der Waals surface area (Å²) in [4.78, 5) is 40.6.